The Balaban J connectivity index is 2.08. The molecule has 19 heavy (non-hydrogen) atoms. The zero-order chi connectivity index (χ0) is 14.1. The Labute approximate surface area is 116 Å². The third-order valence-electron chi connectivity index (χ3n) is 3.87. The van der Waals surface area contributed by atoms with E-state index in [1.807, 2.05) is 0 Å². The van der Waals surface area contributed by atoms with Gasteiger partial charge in [-0.2, -0.15) is 0 Å². The van der Waals surface area contributed by atoms with E-state index >= 15 is 0 Å². The first-order valence-corrected chi connectivity index (χ1v) is 7.33. The second-order valence-corrected chi connectivity index (χ2v) is 5.39. The van der Waals surface area contributed by atoms with Crippen molar-refractivity contribution in [2.45, 2.75) is 44.6 Å². The summed E-state index contributed by atoms with van der Waals surface area (Å²) in [6.07, 6.45) is 5.78. The molecule has 0 spiro atoms. The Morgan fingerprint density at radius 1 is 1.37 bits per heavy atom. The predicted molar refractivity (Wildman–Crippen MR) is 74.7 cm³/mol. The molecule has 5 heteroatoms. The van der Waals surface area contributed by atoms with Crippen molar-refractivity contribution < 1.29 is 14.6 Å². The number of hydrogen-bond donors (Lipinski definition) is 2. The van der Waals surface area contributed by atoms with Gasteiger partial charge in [-0.05, 0) is 44.6 Å². The van der Waals surface area contributed by atoms with Crippen LogP contribution in [0.2, 0.25) is 0 Å². The summed E-state index contributed by atoms with van der Waals surface area (Å²) in [5, 5.41) is 8.71. The van der Waals surface area contributed by atoms with Crippen molar-refractivity contribution in [3.63, 3.8) is 0 Å². The lowest BCUT2D eigenvalue weighted by Gasteiger charge is -2.27. The van der Waals surface area contributed by atoms with Gasteiger partial charge >= 0.3 is 0 Å². The molecule has 1 aliphatic rings. The minimum Gasteiger partial charge on any atom is -0.396 e. The van der Waals surface area contributed by atoms with Gasteiger partial charge in [-0.15, -0.1) is 0 Å². The van der Waals surface area contributed by atoms with E-state index in [-0.39, 0.29) is 12.5 Å². The molecule has 1 rings (SSSR count). The van der Waals surface area contributed by atoms with Crippen molar-refractivity contribution in [3.8, 4) is 0 Å². The molecule has 0 aromatic heterocycles. The lowest BCUT2D eigenvalue weighted by Crippen LogP contribution is -2.30. The number of aliphatic hydroxyl groups is 1. The summed E-state index contributed by atoms with van der Waals surface area (Å²) >= 11 is 0. The summed E-state index contributed by atoms with van der Waals surface area (Å²) in [5.41, 5.74) is 5.65. The molecule has 0 aliphatic heterocycles. The highest BCUT2D eigenvalue weighted by atomic mass is 16.5. The SMILES string of the molecule is CN(CCCO)C(=O)CCOC1CCC(CN)CC1. The van der Waals surface area contributed by atoms with E-state index in [1.54, 1.807) is 11.9 Å². The normalized spacial score (nSPS) is 23.3. The molecule has 1 aliphatic carbocycles. The van der Waals surface area contributed by atoms with Crippen LogP contribution in [0, 0.1) is 5.92 Å². The van der Waals surface area contributed by atoms with Gasteiger partial charge < -0.3 is 20.5 Å². The molecule has 3 N–H and O–H groups in total. The van der Waals surface area contributed by atoms with Crippen LogP contribution >= 0.6 is 0 Å². The maximum atomic E-state index is 11.7. The average molecular weight is 272 g/mol. The molecule has 0 aromatic rings. The van der Waals surface area contributed by atoms with Gasteiger partial charge in [0.2, 0.25) is 5.91 Å². The first-order chi connectivity index (χ1) is 9.17. The minimum absolute atomic E-state index is 0.0871. The van der Waals surface area contributed by atoms with E-state index < -0.39 is 0 Å². The van der Waals surface area contributed by atoms with E-state index in [4.69, 9.17) is 15.6 Å². The number of nitrogens with two attached hydrogens (primary N) is 1. The smallest absolute Gasteiger partial charge is 0.224 e. The largest absolute Gasteiger partial charge is 0.396 e. The van der Waals surface area contributed by atoms with Crippen molar-refractivity contribution in [3.05, 3.63) is 0 Å². The Morgan fingerprint density at radius 2 is 2.05 bits per heavy atom. The lowest BCUT2D eigenvalue weighted by molar-refractivity contribution is -0.131. The third-order valence-corrected chi connectivity index (χ3v) is 3.87. The number of nitrogens with zero attached hydrogens (tertiary/aromatic N) is 1. The van der Waals surface area contributed by atoms with E-state index in [0.717, 1.165) is 32.2 Å². The van der Waals surface area contributed by atoms with Gasteiger partial charge in [0.05, 0.1) is 19.1 Å². The van der Waals surface area contributed by atoms with E-state index in [1.165, 1.54) is 0 Å². The van der Waals surface area contributed by atoms with Crippen LogP contribution in [0.25, 0.3) is 0 Å². The van der Waals surface area contributed by atoms with Crippen LogP contribution in [0.4, 0.5) is 0 Å². The maximum Gasteiger partial charge on any atom is 0.224 e. The molecular weight excluding hydrogens is 244 g/mol. The fourth-order valence-electron chi connectivity index (χ4n) is 2.47. The molecule has 1 saturated carbocycles. The summed E-state index contributed by atoms with van der Waals surface area (Å²) in [4.78, 5) is 13.4. The first-order valence-electron chi connectivity index (χ1n) is 7.33. The molecular formula is C14H28N2O3. The molecule has 0 unspecified atom stereocenters. The zero-order valence-corrected chi connectivity index (χ0v) is 12.0. The number of carbonyl (C=O) groups excluding carboxylic acids is 1. The highest BCUT2D eigenvalue weighted by Gasteiger charge is 2.20. The summed E-state index contributed by atoms with van der Waals surface area (Å²) in [7, 11) is 1.77. The molecule has 1 amide bonds. The molecule has 0 atom stereocenters. The van der Waals surface area contributed by atoms with Crippen molar-refractivity contribution in [2.75, 3.05) is 33.4 Å². The fraction of sp³-hybridized carbons (Fsp3) is 0.929. The molecule has 1 fully saturated rings. The van der Waals surface area contributed by atoms with Gasteiger partial charge in [0.15, 0.2) is 0 Å². The average Bonchev–Trinajstić information content (AvgIpc) is 2.45. The monoisotopic (exact) mass is 272 g/mol. The van der Waals surface area contributed by atoms with Crippen LogP contribution in [-0.2, 0) is 9.53 Å². The number of rotatable bonds is 8. The number of ether oxygens (including phenoxy) is 1. The van der Waals surface area contributed by atoms with Crippen LogP contribution in [0.1, 0.15) is 38.5 Å². The summed E-state index contributed by atoms with van der Waals surface area (Å²) in [6, 6.07) is 0. The number of carbonyl (C=O) groups is 1. The number of hydrogen-bond acceptors (Lipinski definition) is 4. The van der Waals surface area contributed by atoms with Crippen LogP contribution in [0.5, 0.6) is 0 Å². The summed E-state index contributed by atoms with van der Waals surface area (Å²) in [5.74, 6) is 0.746. The fourth-order valence-corrected chi connectivity index (χ4v) is 2.47. The van der Waals surface area contributed by atoms with E-state index in [2.05, 4.69) is 0 Å². The molecule has 0 saturated heterocycles. The van der Waals surface area contributed by atoms with Gasteiger partial charge in [-0.3, -0.25) is 4.79 Å². The Kier molecular flexibility index (Phi) is 8.02. The van der Waals surface area contributed by atoms with E-state index in [0.29, 0.717) is 38.0 Å². The van der Waals surface area contributed by atoms with Gasteiger partial charge in [0.1, 0.15) is 0 Å². The van der Waals surface area contributed by atoms with Gasteiger partial charge in [0, 0.05) is 20.2 Å². The van der Waals surface area contributed by atoms with Crippen LogP contribution in [0.15, 0.2) is 0 Å². The lowest BCUT2D eigenvalue weighted by atomic mass is 9.87. The number of aliphatic hydroxyl groups excluding tert-OH is 1. The zero-order valence-electron chi connectivity index (χ0n) is 12.0. The molecule has 5 nitrogen and oxygen atoms in total. The Bertz CT molecular complexity index is 253. The van der Waals surface area contributed by atoms with Gasteiger partial charge in [0.25, 0.3) is 0 Å². The van der Waals surface area contributed by atoms with E-state index in [9.17, 15) is 4.79 Å². The standard InChI is InChI=1S/C14H28N2O3/c1-16(8-2-9-17)14(18)7-10-19-13-5-3-12(11-15)4-6-13/h12-13,17H,2-11,15H2,1H3. The second kappa shape index (κ2) is 9.28. The quantitative estimate of drug-likeness (QED) is 0.684. The topological polar surface area (TPSA) is 75.8 Å². The maximum absolute atomic E-state index is 11.7. The highest BCUT2D eigenvalue weighted by molar-refractivity contribution is 5.75. The van der Waals surface area contributed by atoms with Gasteiger partial charge in [-0.1, -0.05) is 0 Å². The first kappa shape index (κ1) is 16.4. The molecule has 0 aromatic carbocycles. The van der Waals surface area contributed by atoms with Crippen LogP contribution < -0.4 is 5.73 Å². The molecule has 0 bridgehead atoms. The van der Waals surface area contributed by atoms with Crippen molar-refractivity contribution in [2.24, 2.45) is 11.7 Å². The predicted octanol–water partition coefficient (Wildman–Crippen LogP) is 0.751. The Hall–Kier alpha value is -0.650. The van der Waals surface area contributed by atoms with Gasteiger partial charge in [-0.25, -0.2) is 0 Å². The van der Waals surface area contributed by atoms with Crippen LogP contribution in [-0.4, -0.2) is 55.4 Å². The van der Waals surface area contributed by atoms with Crippen molar-refractivity contribution in [1.29, 1.82) is 0 Å². The Morgan fingerprint density at radius 3 is 2.63 bits per heavy atom. The third kappa shape index (κ3) is 6.36. The number of amides is 1. The summed E-state index contributed by atoms with van der Waals surface area (Å²) < 4.78 is 5.76. The second-order valence-electron chi connectivity index (χ2n) is 5.39. The van der Waals surface area contributed by atoms with Crippen molar-refractivity contribution >= 4 is 5.91 Å². The molecule has 0 heterocycles. The van der Waals surface area contributed by atoms with Crippen molar-refractivity contribution in [1.82, 2.24) is 4.90 Å². The van der Waals surface area contributed by atoms with Crippen LogP contribution in [0.3, 0.4) is 0 Å². The highest BCUT2D eigenvalue weighted by Crippen LogP contribution is 2.25. The summed E-state index contributed by atoms with van der Waals surface area (Å²) in [6.45, 7) is 2.01. The minimum atomic E-state index is 0.0871. The molecule has 0 radical (unpaired) electrons. The molecule has 112 valence electrons.